The molecule has 1 aromatic carbocycles. The van der Waals surface area contributed by atoms with E-state index in [9.17, 15) is 0 Å². The van der Waals surface area contributed by atoms with E-state index in [1.807, 2.05) is 33.2 Å². The maximum Gasteiger partial charge on any atom is 0.0361 e. The third kappa shape index (κ3) is 2.03. The topological polar surface area (TPSA) is 3.24 Å². The van der Waals surface area contributed by atoms with Crippen LogP contribution in [0.3, 0.4) is 0 Å². The lowest BCUT2D eigenvalue weighted by Gasteiger charge is -2.11. The number of hydrogen-bond acceptors (Lipinski definition) is 1. The predicted octanol–water partition coefficient (Wildman–Crippen LogP) is 2.12. The van der Waals surface area contributed by atoms with Gasteiger partial charge >= 0.3 is 0 Å². The van der Waals surface area contributed by atoms with Crippen molar-refractivity contribution in [3.05, 3.63) is 29.8 Å². The summed E-state index contributed by atoms with van der Waals surface area (Å²) < 4.78 is 0. The van der Waals surface area contributed by atoms with Gasteiger partial charge in [-0.1, -0.05) is 5.92 Å². The van der Waals surface area contributed by atoms with Crippen molar-refractivity contribution in [1.82, 2.24) is 0 Å². The van der Waals surface area contributed by atoms with Gasteiger partial charge < -0.3 is 4.90 Å². The monoisotopic (exact) mass is 159 g/mol. The Morgan fingerprint density at radius 3 is 2.08 bits per heavy atom. The van der Waals surface area contributed by atoms with Crippen LogP contribution in [0.2, 0.25) is 0 Å². The van der Waals surface area contributed by atoms with Gasteiger partial charge in [0.15, 0.2) is 0 Å². The second-order valence-electron chi connectivity index (χ2n) is 2.82. The van der Waals surface area contributed by atoms with Crippen LogP contribution in [0.4, 0.5) is 5.69 Å². The molecule has 0 aliphatic heterocycles. The zero-order valence-corrected chi connectivity index (χ0v) is 7.76. The summed E-state index contributed by atoms with van der Waals surface area (Å²) in [5, 5.41) is 0. The van der Waals surface area contributed by atoms with E-state index in [-0.39, 0.29) is 0 Å². The molecule has 0 aliphatic carbocycles. The zero-order valence-electron chi connectivity index (χ0n) is 7.76. The molecule has 0 N–H and O–H groups in total. The normalized spacial score (nSPS) is 8.58. The first kappa shape index (κ1) is 8.67. The van der Waals surface area contributed by atoms with E-state index in [1.54, 1.807) is 0 Å². The van der Waals surface area contributed by atoms with E-state index >= 15 is 0 Å². The third-order valence-corrected chi connectivity index (χ3v) is 1.65. The molecule has 0 saturated heterocycles. The molecule has 0 heterocycles. The number of anilines is 1. The van der Waals surface area contributed by atoms with Gasteiger partial charge in [-0.3, -0.25) is 0 Å². The van der Waals surface area contributed by atoms with Gasteiger partial charge in [0, 0.05) is 25.3 Å². The lowest BCUT2D eigenvalue weighted by atomic mass is 10.2. The van der Waals surface area contributed by atoms with Gasteiger partial charge in [0.1, 0.15) is 0 Å². The van der Waals surface area contributed by atoms with Crippen molar-refractivity contribution in [2.24, 2.45) is 0 Å². The highest BCUT2D eigenvalue weighted by molar-refractivity contribution is 5.49. The molecule has 0 amide bonds. The van der Waals surface area contributed by atoms with Gasteiger partial charge in [0.05, 0.1) is 0 Å². The van der Waals surface area contributed by atoms with Gasteiger partial charge in [-0.2, -0.15) is 0 Å². The molecule has 1 rings (SSSR count). The minimum Gasteiger partial charge on any atom is -0.378 e. The highest BCUT2D eigenvalue weighted by atomic mass is 15.1. The summed E-state index contributed by atoms with van der Waals surface area (Å²) in [4.78, 5) is 2.07. The highest BCUT2D eigenvalue weighted by Crippen LogP contribution is 2.11. The first-order chi connectivity index (χ1) is 5.74. The highest BCUT2D eigenvalue weighted by Gasteiger charge is 1.92. The molecule has 62 valence electrons. The molecular formula is C11H13N. The standard InChI is InChI=1S/C11H13N/c1-4-5-10-6-8-11(9-7-10)12(2)3/h6-9H,1-3H3. The second kappa shape index (κ2) is 3.82. The fraction of sp³-hybridized carbons (Fsp3) is 0.273. The average Bonchev–Trinajstić information content (AvgIpc) is 2.06. The SMILES string of the molecule is CC#Cc1ccc(N(C)C)cc1. The quantitative estimate of drug-likeness (QED) is 0.567. The van der Waals surface area contributed by atoms with E-state index in [4.69, 9.17) is 0 Å². The molecule has 0 fully saturated rings. The summed E-state index contributed by atoms with van der Waals surface area (Å²) >= 11 is 0. The molecule has 0 spiro atoms. The van der Waals surface area contributed by atoms with Crippen LogP contribution in [0.15, 0.2) is 24.3 Å². The Hall–Kier alpha value is -1.42. The van der Waals surface area contributed by atoms with Gasteiger partial charge in [0.25, 0.3) is 0 Å². The molecule has 1 nitrogen and oxygen atoms in total. The minimum absolute atomic E-state index is 1.07. The molecule has 0 radical (unpaired) electrons. The number of hydrogen-bond donors (Lipinski definition) is 0. The van der Waals surface area contributed by atoms with Crippen LogP contribution in [0.1, 0.15) is 12.5 Å². The van der Waals surface area contributed by atoms with Gasteiger partial charge in [-0.25, -0.2) is 0 Å². The van der Waals surface area contributed by atoms with Crippen LogP contribution in [-0.2, 0) is 0 Å². The summed E-state index contributed by atoms with van der Waals surface area (Å²) in [6.07, 6.45) is 0. The van der Waals surface area contributed by atoms with Crippen LogP contribution >= 0.6 is 0 Å². The molecule has 0 aliphatic rings. The molecule has 1 heteroatoms. The van der Waals surface area contributed by atoms with Crippen LogP contribution in [-0.4, -0.2) is 14.1 Å². The Kier molecular flexibility index (Phi) is 2.76. The summed E-state index contributed by atoms with van der Waals surface area (Å²) in [5.41, 5.74) is 2.28. The molecule has 0 atom stereocenters. The Labute approximate surface area is 74.0 Å². The molecule has 0 aromatic heterocycles. The van der Waals surface area contributed by atoms with Crippen molar-refractivity contribution < 1.29 is 0 Å². The number of benzene rings is 1. The Balaban J connectivity index is 2.90. The summed E-state index contributed by atoms with van der Waals surface area (Å²) in [6, 6.07) is 8.21. The van der Waals surface area contributed by atoms with Gasteiger partial charge in [-0.05, 0) is 31.2 Å². The maximum atomic E-state index is 3.01. The minimum atomic E-state index is 1.07. The summed E-state index contributed by atoms with van der Waals surface area (Å²) in [6.45, 7) is 1.85. The lowest BCUT2D eigenvalue weighted by Crippen LogP contribution is -2.07. The van der Waals surface area contributed by atoms with Crippen LogP contribution in [0, 0.1) is 11.8 Å². The maximum absolute atomic E-state index is 3.01. The largest absolute Gasteiger partial charge is 0.378 e. The molecular weight excluding hydrogens is 146 g/mol. The summed E-state index contributed by atoms with van der Waals surface area (Å²) in [5.74, 6) is 5.87. The predicted molar refractivity (Wildman–Crippen MR) is 53.3 cm³/mol. The van der Waals surface area contributed by atoms with E-state index in [0.29, 0.717) is 0 Å². The average molecular weight is 159 g/mol. The van der Waals surface area contributed by atoms with Crippen LogP contribution in [0.25, 0.3) is 0 Å². The van der Waals surface area contributed by atoms with E-state index in [0.717, 1.165) is 5.56 Å². The smallest absolute Gasteiger partial charge is 0.0361 e. The Bertz CT molecular complexity index is 298. The third-order valence-electron chi connectivity index (χ3n) is 1.65. The van der Waals surface area contributed by atoms with Gasteiger partial charge in [-0.15, -0.1) is 5.92 Å². The molecule has 1 aromatic rings. The molecule has 0 saturated carbocycles. The lowest BCUT2D eigenvalue weighted by molar-refractivity contribution is 1.13. The number of nitrogens with zero attached hydrogens (tertiary/aromatic N) is 1. The fourth-order valence-electron chi connectivity index (χ4n) is 0.987. The second-order valence-corrected chi connectivity index (χ2v) is 2.82. The molecule has 12 heavy (non-hydrogen) atoms. The van der Waals surface area contributed by atoms with Crippen molar-refractivity contribution in [1.29, 1.82) is 0 Å². The molecule has 0 bridgehead atoms. The van der Waals surface area contributed by atoms with Crippen molar-refractivity contribution in [3.63, 3.8) is 0 Å². The van der Waals surface area contributed by atoms with E-state index < -0.39 is 0 Å². The summed E-state index contributed by atoms with van der Waals surface area (Å²) in [7, 11) is 4.06. The zero-order chi connectivity index (χ0) is 8.97. The van der Waals surface area contributed by atoms with E-state index in [2.05, 4.69) is 28.9 Å². The first-order valence-corrected chi connectivity index (χ1v) is 3.94. The van der Waals surface area contributed by atoms with E-state index in [1.165, 1.54) is 5.69 Å². The fourth-order valence-corrected chi connectivity index (χ4v) is 0.987. The van der Waals surface area contributed by atoms with Crippen molar-refractivity contribution >= 4 is 5.69 Å². The van der Waals surface area contributed by atoms with Crippen LogP contribution in [0.5, 0.6) is 0 Å². The van der Waals surface area contributed by atoms with Gasteiger partial charge in [0.2, 0.25) is 0 Å². The van der Waals surface area contributed by atoms with Crippen molar-refractivity contribution in [2.75, 3.05) is 19.0 Å². The van der Waals surface area contributed by atoms with Crippen molar-refractivity contribution in [3.8, 4) is 11.8 Å². The number of rotatable bonds is 1. The Morgan fingerprint density at radius 2 is 1.67 bits per heavy atom. The van der Waals surface area contributed by atoms with Crippen LogP contribution < -0.4 is 4.90 Å². The Morgan fingerprint density at radius 1 is 1.08 bits per heavy atom. The van der Waals surface area contributed by atoms with Crippen molar-refractivity contribution in [2.45, 2.75) is 6.92 Å². The first-order valence-electron chi connectivity index (χ1n) is 3.94. The molecule has 0 unspecified atom stereocenters.